The number of anilines is 1. The number of ether oxygens (including phenoxy) is 1. The van der Waals surface area contributed by atoms with E-state index >= 15 is 0 Å². The maximum Gasteiger partial charge on any atom is 0.243 e. The molecule has 0 aliphatic heterocycles. The fourth-order valence-corrected chi connectivity index (χ4v) is 2.95. The molecule has 2 aromatic heterocycles. The summed E-state index contributed by atoms with van der Waals surface area (Å²) in [5.41, 5.74) is 7.68. The minimum atomic E-state index is -0.640. The summed E-state index contributed by atoms with van der Waals surface area (Å²) in [6, 6.07) is 14.2. The van der Waals surface area contributed by atoms with Gasteiger partial charge >= 0.3 is 0 Å². The van der Waals surface area contributed by atoms with Crippen molar-refractivity contribution >= 4 is 17.6 Å². The summed E-state index contributed by atoms with van der Waals surface area (Å²) in [6.45, 7) is -0.0988. The standard InChI is InChI=1S/C21H24N6O3/c1-27-19(12-16(26-27)15-8-9-23-20(11-15)30-2)25-21(29)17(24-13-18(22)28)10-14-6-4-3-5-7-14/h3-9,11-12,17,24H,10,13H2,1-2H3,(H2,22,28)(H,25,29). The van der Waals surface area contributed by atoms with Gasteiger partial charge in [-0.15, -0.1) is 0 Å². The topological polar surface area (TPSA) is 124 Å². The van der Waals surface area contributed by atoms with Gasteiger partial charge in [0.25, 0.3) is 0 Å². The molecule has 0 radical (unpaired) electrons. The Morgan fingerprint density at radius 2 is 1.97 bits per heavy atom. The largest absolute Gasteiger partial charge is 0.481 e. The third kappa shape index (κ3) is 5.42. The van der Waals surface area contributed by atoms with Crippen LogP contribution in [-0.4, -0.2) is 46.3 Å². The molecule has 2 heterocycles. The number of rotatable bonds is 9. The SMILES string of the molecule is COc1cc(-c2cc(NC(=O)C(Cc3ccccc3)NCC(N)=O)n(C)n2)ccn1. The zero-order valence-electron chi connectivity index (χ0n) is 16.8. The molecule has 0 saturated heterocycles. The maximum atomic E-state index is 12.9. The van der Waals surface area contributed by atoms with E-state index < -0.39 is 11.9 Å². The van der Waals surface area contributed by atoms with Gasteiger partial charge in [-0.25, -0.2) is 4.98 Å². The van der Waals surface area contributed by atoms with Crippen molar-refractivity contribution in [3.63, 3.8) is 0 Å². The third-order valence-corrected chi connectivity index (χ3v) is 4.49. The summed E-state index contributed by atoms with van der Waals surface area (Å²) in [5.74, 6) is 0.171. The molecular formula is C21H24N6O3. The minimum Gasteiger partial charge on any atom is -0.481 e. The van der Waals surface area contributed by atoms with Crippen LogP contribution in [-0.2, 0) is 23.1 Å². The lowest BCUT2D eigenvalue weighted by molar-refractivity contribution is -0.119. The summed E-state index contributed by atoms with van der Waals surface area (Å²) in [5, 5.41) is 10.2. The Kier molecular flexibility index (Phi) is 6.76. The summed E-state index contributed by atoms with van der Waals surface area (Å²) >= 11 is 0. The molecular weight excluding hydrogens is 384 g/mol. The number of benzene rings is 1. The lowest BCUT2D eigenvalue weighted by Gasteiger charge is -2.18. The van der Waals surface area contributed by atoms with Crippen LogP contribution in [0.25, 0.3) is 11.3 Å². The monoisotopic (exact) mass is 408 g/mol. The maximum absolute atomic E-state index is 12.9. The molecule has 3 aromatic rings. The van der Waals surface area contributed by atoms with Gasteiger partial charge in [0.15, 0.2) is 0 Å². The zero-order valence-corrected chi connectivity index (χ0v) is 16.8. The van der Waals surface area contributed by atoms with Crippen molar-refractivity contribution in [3.8, 4) is 17.1 Å². The van der Waals surface area contributed by atoms with Crippen LogP contribution in [0.2, 0.25) is 0 Å². The molecule has 0 aliphatic carbocycles. The molecule has 0 fully saturated rings. The van der Waals surface area contributed by atoms with Gasteiger partial charge in [-0.1, -0.05) is 30.3 Å². The van der Waals surface area contributed by atoms with E-state index in [4.69, 9.17) is 10.5 Å². The van der Waals surface area contributed by atoms with E-state index in [0.29, 0.717) is 23.8 Å². The number of pyridine rings is 1. The van der Waals surface area contributed by atoms with Crippen LogP contribution in [0.5, 0.6) is 5.88 Å². The number of nitrogens with two attached hydrogens (primary N) is 1. The van der Waals surface area contributed by atoms with E-state index in [1.165, 1.54) is 0 Å². The fraction of sp³-hybridized carbons (Fsp3) is 0.238. The van der Waals surface area contributed by atoms with Gasteiger partial charge in [0, 0.05) is 30.9 Å². The summed E-state index contributed by atoms with van der Waals surface area (Å²) < 4.78 is 6.73. The molecule has 0 spiro atoms. The molecule has 9 heteroatoms. The number of methoxy groups -OCH3 is 1. The number of nitrogens with zero attached hydrogens (tertiary/aromatic N) is 3. The van der Waals surface area contributed by atoms with Crippen LogP contribution in [0.4, 0.5) is 5.82 Å². The molecule has 0 aliphatic rings. The molecule has 0 saturated carbocycles. The van der Waals surface area contributed by atoms with E-state index in [0.717, 1.165) is 11.1 Å². The first kappa shape index (κ1) is 21.0. The average molecular weight is 408 g/mol. The number of amides is 2. The third-order valence-electron chi connectivity index (χ3n) is 4.49. The average Bonchev–Trinajstić information content (AvgIpc) is 3.12. The summed E-state index contributed by atoms with van der Waals surface area (Å²) in [7, 11) is 3.28. The van der Waals surface area contributed by atoms with E-state index in [-0.39, 0.29) is 12.5 Å². The number of hydrogen-bond acceptors (Lipinski definition) is 6. The zero-order chi connectivity index (χ0) is 21.5. The molecule has 4 N–H and O–H groups in total. The highest BCUT2D eigenvalue weighted by atomic mass is 16.5. The normalized spacial score (nSPS) is 11.7. The Balaban J connectivity index is 1.77. The number of primary amides is 1. The number of carbonyl (C=O) groups is 2. The van der Waals surface area contributed by atoms with Crippen LogP contribution < -0.4 is 21.1 Å². The first-order chi connectivity index (χ1) is 14.5. The van der Waals surface area contributed by atoms with Gasteiger partial charge < -0.3 is 15.8 Å². The van der Waals surface area contributed by atoms with Crippen molar-refractivity contribution in [1.82, 2.24) is 20.1 Å². The first-order valence-electron chi connectivity index (χ1n) is 9.37. The molecule has 156 valence electrons. The van der Waals surface area contributed by atoms with E-state index in [2.05, 4.69) is 20.7 Å². The number of aromatic nitrogens is 3. The van der Waals surface area contributed by atoms with Crippen LogP contribution >= 0.6 is 0 Å². The summed E-state index contributed by atoms with van der Waals surface area (Å²) in [4.78, 5) is 28.2. The Bertz CT molecular complexity index is 1020. The van der Waals surface area contributed by atoms with Gasteiger partial charge in [0.1, 0.15) is 5.82 Å². The van der Waals surface area contributed by atoms with Crippen LogP contribution in [0.1, 0.15) is 5.56 Å². The van der Waals surface area contributed by atoms with Gasteiger partial charge in [-0.05, 0) is 18.1 Å². The Labute approximate surface area is 174 Å². The van der Waals surface area contributed by atoms with Crippen molar-refractivity contribution in [2.24, 2.45) is 12.8 Å². The van der Waals surface area contributed by atoms with E-state index in [1.807, 2.05) is 36.4 Å². The molecule has 2 amide bonds. The van der Waals surface area contributed by atoms with Crippen molar-refractivity contribution in [1.29, 1.82) is 0 Å². The lowest BCUT2D eigenvalue weighted by Crippen LogP contribution is -2.45. The highest BCUT2D eigenvalue weighted by Gasteiger charge is 2.21. The second-order valence-electron chi connectivity index (χ2n) is 6.70. The van der Waals surface area contributed by atoms with Gasteiger partial charge in [0.05, 0.1) is 25.4 Å². The predicted octanol–water partition coefficient (Wildman–Crippen LogP) is 1.12. The Hall–Kier alpha value is -3.72. The Morgan fingerprint density at radius 1 is 1.20 bits per heavy atom. The molecule has 3 rings (SSSR count). The van der Waals surface area contributed by atoms with Crippen molar-refractivity contribution in [3.05, 3.63) is 60.3 Å². The molecule has 1 unspecified atom stereocenters. The van der Waals surface area contributed by atoms with Gasteiger partial charge in [-0.2, -0.15) is 5.10 Å². The number of hydrogen-bond donors (Lipinski definition) is 3. The van der Waals surface area contributed by atoms with Crippen molar-refractivity contribution in [2.45, 2.75) is 12.5 Å². The highest BCUT2D eigenvalue weighted by Crippen LogP contribution is 2.23. The second-order valence-corrected chi connectivity index (χ2v) is 6.70. The van der Waals surface area contributed by atoms with Gasteiger partial charge in [-0.3, -0.25) is 19.6 Å². The number of nitrogens with one attached hydrogen (secondary N) is 2. The van der Waals surface area contributed by atoms with Gasteiger partial charge in [0.2, 0.25) is 17.7 Å². The minimum absolute atomic E-state index is 0.0988. The predicted molar refractivity (Wildman–Crippen MR) is 113 cm³/mol. The first-order valence-corrected chi connectivity index (χ1v) is 9.37. The van der Waals surface area contributed by atoms with Crippen molar-refractivity contribution < 1.29 is 14.3 Å². The number of carbonyl (C=O) groups excluding carboxylic acids is 2. The highest BCUT2D eigenvalue weighted by molar-refractivity contribution is 5.95. The molecule has 0 bridgehead atoms. The molecule has 30 heavy (non-hydrogen) atoms. The van der Waals surface area contributed by atoms with Crippen LogP contribution in [0.15, 0.2) is 54.7 Å². The smallest absolute Gasteiger partial charge is 0.243 e. The second kappa shape index (κ2) is 9.66. The quantitative estimate of drug-likeness (QED) is 0.487. The lowest BCUT2D eigenvalue weighted by atomic mass is 10.1. The van der Waals surface area contributed by atoms with Crippen LogP contribution in [0.3, 0.4) is 0 Å². The van der Waals surface area contributed by atoms with Crippen LogP contribution in [0, 0.1) is 0 Å². The molecule has 1 aromatic carbocycles. The molecule has 1 atom stereocenters. The number of aryl methyl sites for hydroxylation is 1. The molecule has 9 nitrogen and oxygen atoms in total. The van der Waals surface area contributed by atoms with E-state index in [9.17, 15) is 9.59 Å². The summed E-state index contributed by atoms with van der Waals surface area (Å²) in [6.07, 6.45) is 2.04. The fourth-order valence-electron chi connectivity index (χ4n) is 2.95. The van der Waals surface area contributed by atoms with Crippen molar-refractivity contribution in [2.75, 3.05) is 19.0 Å². The van der Waals surface area contributed by atoms with E-state index in [1.54, 1.807) is 37.2 Å². The Morgan fingerprint density at radius 3 is 2.67 bits per heavy atom.